The minimum Gasteiger partial charge on any atom is -0.459 e. The fraction of sp³-hybridized carbons (Fsp3) is 0.308. The highest BCUT2D eigenvalue weighted by molar-refractivity contribution is 7.89. The first-order chi connectivity index (χ1) is 18.8. The Kier molecular flexibility index (Phi) is 8.14. The van der Waals surface area contributed by atoms with Crippen LogP contribution in [0.3, 0.4) is 0 Å². The second kappa shape index (κ2) is 11.6. The van der Waals surface area contributed by atoms with E-state index in [1.807, 2.05) is 24.3 Å². The van der Waals surface area contributed by atoms with Gasteiger partial charge < -0.3 is 29.8 Å². The molecule has 3 unspecified atom stereocenters. The van der Waals surface area contributed by atoms with Crippen molar-refractivity contribution in [3.8, 4) is 28.4 Å². The number of nitrogens with one attached hydrogen (secondary N) is 2. The van der Waals surface area contributed by atoms with Crippen LogP contribution in [0.15, 0.2) is 59.5 Å². The standard InChI is InChI=1S/C26H27ClN4O7S/c27-20-12-21-25(31-26(29-21)38-18-11-22(34)23(13-33)37-14-18)30-24(20)17-3-1-15(2-4-17)16-5-7-19(8-6-16)39(35,36)28-9-10-32/h1-8,12,18,22-23,28,32-34H,9-11,13-14H2,(H,29,30,31). The van der Waals surface area contributed by atoms with Crippen LogP contribution in [0.5, 0.6) is 6.01 Å². The second-order valence-corrected chi connectivity index (χ2v) is 11.2. The number of ether oxygens (including phenoxy) is 2. The van der Waals surface area contributed by atoms with E-state index in [0.717, 1.165) is 16.7 Å². The number of halogens is 1. The van der Waals surface area contributed by atoms with Gasteiger partial charge >= 0.3 is 0 Å². The van der Waals surface area contributed by atoms with Gasteiger partial charge in [0.05, 0.1) is 47.1 Å². The van der Waals surface area contributed by atoms with Crippen LogP contribution in [0.4, 0.5) is 0 Å². The van der Waals surface area contributed by atoms with Crippen molar-refractivity contribution in [2.75, 3.05) is 26.4 Å². The minimum absolute atomic E-state index is 0.0496. The fourth-order valence-corrected chi connectivity index (χ4v) is 5.59. The van der Waals surface area contributed by atoms with E-state index < -0.39 is 28.3 Å². The Morgan fingerprint density at radius 2 is 1.72 bits per heavy atom. The number of fused-ring (bicyclic) bond motifs is 1. The van der Waals surface area contributed by atoms with E-state index in [4.69, 9.17) is 26.2 Å². The van der Waals surface area contributed by atoms with Crippen molar-refractivity contribution in [3.05, 3.63) is 59.6 Å². The van der Waals surface area contributed by atoms with E-state index >= 15 is 0 Å². The van der Waals surface area contributed by atoms with Crippen LogP contribution in [0.1, 0.15) is 6.42 Å². The van der Waals surface area contributed by atoms with Gasteiger partial charge in [-0.15, -0.1) is 0 Å². The van der Waals surface area contributed by atoms with Crippen LogP contribution in [0, 0.1) is 0 Å². The first-order valence-corrected chi connectivity index (χ1v) is 14.1. The number of aliphatic hydroxyl groups is 3. The smallest absolute Gasteiger partial charge is 0.296 e. The molecule has 0 spiro atoms. The van der Waals surface area contributed by atoms with Gasteiger partial charge in [0.1, 0.15) is 12.2 Å². The van der Waals surface area contributed by atoms with E-state index in [1.165, 1.54) is 12.1 Å². The van der Waals surface area contributed by atoms with E-state index in [-0.39, 0.29) is 37.3 Å². The summed E-state index contributed by atoms with van der Waals surface area (Å²) in [5.41, 5.74) is 4.00. The third-order valence-electron chi connectivity index (χ3n) is 6.35. The van der Waals surface area contributed by atoms with E-state index in [9.17, 15) is 18.6 Å². The highest BCUT2D eigenvalue weighted by atomic mass is 35.5. The van der Waals surface area contributed by atoms with Gasteiger partial charge in [-0.1, -0.05) is 48.0 Å². The zero-order chi connectivity index (χ0) is 27.6. The summed E-state index contributed by atoms with van der Waals surface area (Å²) in [6.45, 7) is -0.376. The first kappa shape index (κ1) is 27.5. The van der Waals surface area contributed by atoms with Crippen molar-refractivity contribution in [2.45, 2.75) is 29.6 Å². The molecule has 3 atom stereocenters. The van der Waals surface area contributed by atoms with Crippen LogP contribution in [-0.4, -0.2) is 83.4 Å². The van der Waals surface area contributed by atoms with Crippen molar-refractivity contribution < 1.29 is 33.2 Å². The molecule has 1 fully saturated rings. The van der Waals surface area contributed by atoms with Crippen molar-refractivity contribution in [1.29, 1.82) is 0 Å². The maximum Gasteiger partial charge on any atom is 0.296 e. The number of aromatic nitrogens is 3. The lowest BCUT2D eigenvalue weighted by Gasteiger charge is -2.31. The summed E-state index contributed by atoms with van der Waals surface area (Å²) < 4.78 is 38.0. The largest absolute Gasteiger partial charge is 0.459 e. The molecule has 0 amide bonds. The number of sulfonamides is 1. The Balaban J connectivity index is 1.32. The van der Waals surface area contributed by atoms with Crippen molar-refractivity contribution >= 4 is 32.8 Å². The van der Waals surface area contributed by atoms with Gasteiger partial charge in [0.25, 0.3) is 6.01 Å². The third-order valence-corrected chi connectivity index (χ3v) is 8.12. The predicted octanol–water partition coefficient (Wildman–Crippen LogP) is 2.11. The molecule has 4 aromatic rings. The molecule has 2 aromatic heterocycles. The zero-order valence-electron chi connectivity index (χ0n) is 20.6. The molecule has 0 saturated carbocycles. The Morgan fingerprint density at radius 1 is 1.05 bits per heavy atom. The molecule has 0 bridgehead atoms. The fourth-order valence-electron chi connectivity index (χ4n) is 4.31. The number of imidazole rings is 1. The van der Waals surface area contributed by atoms with Gasteiger partial charge in [0, 0.05) is 18.5 Å². The molecule has 5 rings (SSSR count). The molecule has 11 nitrogen and oxygen atoms in total. The molecule has 2 aromatic carbocycles. The molecule has 3 heterocycles. The molecule has 0 aliphatic carbocycles. The van der Waals surface area contributed by atoms with E-state index in [2.05, 4.69) is 19.7 Å². The number of hydrogen-bond donors (Lipinski definition) is 5. The molecule has 5 N–H and O–H groups in total. The highest BCUT2D eigenvalue weighted by Gasteiger charge is 2.31. The summed E-state index contributed by atoms with van der Waals surface area (Å²) in [6, 6.07) is 15.9. The van der Waals surface area contributed by atoms with Gasteiger partial charge in [0.15, 0.2) is 5.65 Å². The topological polar surface area (TPSA) is 167 Å². The number of benzene rings is 2. The first-order valence-electron chi connectivity index (χ1n) is 12.2. The number of aromatic amines is 1. The molecular weight excluding hydrogens is 548 g/mol. The summed E-state index contributed by atoms with van der Waals surface area (Å²) >= 11 is 6.54. The Labute approximate surface area is 229 Å². The highest BCUT2D eigenvalue weighted by Crippen LogP contribution is 2.32. The maximum absolute atomic E-state index is 12.2. The summed E-state index contributed by atoms with van der Waals surface area (Å²) in [4.78, 5) is 12.2. The van der Waals surface area contributed by atoms with Gasteiger partial charge in [-0.3, -0.25) is 0 Å². The SMILES string of the molecule is O=S(=O)(NCCO)c1ccc(-c2ccc(-c3nc4nc(OC5COC(CO)C(O)C5)[nH]c4cc3Cl)cc2)cc1. The normalized spacial score (nSPS) is 19.8. The molecule has 39 heavy (non-hydrogen) atoms. The lowest BCUT2D eigenvalue weighted by atomic mass is 10.0. The summed E-state index contributed by atoms with van der Waals surface area (Å²) in [7, 11) is -3.68. The molecular formula is C26H27ClN4O7S. The zero-order valence-corrected chi connectivity index (χ0v) is 22.2. The van der Waals surface area contributed by atoms with Crippen LogP contribution >= 0.6 is 11.6 Å². The summed E-state index contributed by atoms with van der Waals surface area (Å²) in [5, 5.41) is 28.6. The van der Waals surface area contributed by atoms with Crippen LogP contribution in [0.25, 0.3) is 33.5 Å². The molecule has 1 aliphatic rings. The van der Waals surface area contributed by atoms with Crippen LogP contribution < -0.4 is 9.46 Å². The number of H-pyrrole nitrogens is 1. The van der Waals surface area contributed by atoms with Crippen molar-refractivity contribution in [1.82, 2.24) is 19.7 Å². The second-order valence-electron chi connectivity index (χ2n) is 9.05. The number of nitrogens with zero attached hydrogens (tertiary/aromatic N) is 2. The average Bonchev–Trinajstić information content (AvgIpc) is 3.32. The van der Waals surface area contributed by atoms with Gasteiger partial charge in [-0.2, -0.15) is 4.98 Å². The monoisotopic (exact) mass is 574 g/mol. The van der Waals surface area contributed by atoms with E-state index in [1.54, 1.807) is 18.2 Å². The lowest BCUT2D eigenvalue weighted by molar-refractivity contribution is -0.131. The molecule has 206 valence electrons. The summed E-state index contributed by atoms with van der Waals surface area (Å²) in [6.07, 6.45) is -1.59. The summed E-state index contributed by atoms with van der Waals surface area (Å²) in [5.74, 6) is 0. The van der Waals surface area contributed by atoms with Crippen molar-refractivity contribution in [2.24, 2.45) is 0 Å². The molecule has 0 radical (unpaired) electrons. The minimum atomic E-state index is -3.68. The predicted molar refractivity (Wildman–Crippen MR) is 144 cm³/mol. The van der Waals surface area contributed by atoms with Gasteiger partial charge in [-0.25, -0.2) is 18.1 Å². The molecule has 1 saturated heterocycles. The lowest BCUT2D eigenvalue weighted by Crippen LogP contribution is -2.45. The number of pyridine rings is 1. The van der Waals surface area contributed by atoms with Crippen molar-refractivity contribution in [3.63, 3.8) is 0 Å². The number of rotatable bonds is 9. The Morgan fingerprint density at radius 3 is 2.36 bits per heavy atom. The van der Waals surface area contributed by atoms with Gasteiger partial charge in [-0.05, 0) is 29.3 Å². The quantitative estimate of drug-likeness (QED) is 0.201. The number of hydrogen-bond acceptors (Lipinski definition) is 9. The molecule has 1 aliphatic heterocycles. The van der Waals surface area contributed by atoms with Crippen LogP contribution in [-0.2, 0) is 14.8 Å². The average molecular weight is 575 g/mol. The maximum atomic E-state index is 12.2. The van der Waals surface area contributed by atoms with E-state index in [0.29, 0.717) is 28.3 Å². The van der Waals surface area contributed by atoms with Gasteiger partial charge in [0.2, 0.25) is 10.0 Å². The molecule has 13 heteroatoms. The Bertz CT molecular complexity index is 1550. The van der Waals surface area contributed by atoms with Crippen LogP contribution in [0.2, 0.25) is 5.02 Å². The number of aliphatic hydroxyl groups excluding tert-OH is 3. The Hall–Kier alpha value is -3.10. The third kappa shape index (κ3) is 6.07.